The second-order valence-corrected chi connectivity index (χ2v) is 7.74. The number of hydrogen-bond acceptors (Lipinski definition) is 5. The number of ether oxygens (including phenoxy) is 1. The number of morpholine rings is 1. The first-order valence-corrected chi connectivity index (χ1v) is 8.77. The van der Waals surface area contributed by atoms with Gasteiger partial charge in [0.2, 0.25) is 10.0 Å². The lowest BCUT2D eigenvalue weighted by molar-refractivity contribution is 0.0321. The Morgan fingerprint density at radius 1 is 1.47 bits per heavy atom. The molecule has 1 N–H and O–H groups in total. The Morgan fingerprint density at radius 3 is 2.84 bits per heavy atom. The van der Waals surface area contributed by atoms with Crippen LogP contribution in [0.25, 0.3) is 0 Å². The van der Waals surface area contributed by atoms with E-state index in [0.29, 0.717) is 10.8 Å². The number of rotatable bonds is 6. The topological polar surface area (TPSA) is 58.6 Å². The van der Waals surface area contributed by atoms with Gasteiger partial charge in [-0.05, 0) is 17.4 Å². The molecular formula is C12H20N2O3S2. The lowest BCUT2D eigenvalue weighted by Gasteiger charge is -2.29. The summed E-state index contributed by atoms with van der Waals surface area (Å²) in [5.74, 6) is 0.285. The minimum atomic E-state index is -3.33. The van der Waals surface area contributed by atoms with Gasteiger partial charge in [0.25, 0.3) is 0 Å². The van der Waals surface area contributed by atoms with Gasteiger partial charge in [-0.3, -0.25) is 4.90 Å². The van der Waals surface area contributed by atoms with Crippen molar-refractivity contribution in [1.29, 1.82) is 0 Å². The summed E-state index contributed by atoms with van der Waals surface area (Å²) >= 11 is 1.24. The molecule has 5 nitrogen and oxygen atoms in total. The Morgan fingerprint density at radius 2 is 2.21 bits per heavy atom. The molecule has 1 aromatic heterocycles. The first-order valence-electron chi connectivity index (χ1n) is 6.41. The summed E-state index contributed by atoms with van der Waals surface area (Å²) in [5, 5.41) is 1.77. The van der Waals surface area contributed by atoms with Crippen LogP contribution in [-0.4, -0.2) is 52.7 Å². The summed E-state index contributed by atoms with van der Waals surface area (Å²) in [6, 6.07) is 3.37. The molecule has 0 bridgehead atoms. The fourth-order valence-electron chi connectivity index (χ4n) is 2.03. The predicted molar refractivity (Wildman–Crippen MR) is 75.9 cm³/mol. The van der Waals surface area contributed by atoms with Crippen LogP contribution in [0.2, 0.25) is 0 Å². The molecule has 108 valence electrons. The van der Waals surface area contributed by atoms with Gasteiger partial charge in [0, 0.05) is 26.2 Å². The van der Waals surface area contributed by atoms with E-state index in [1.807, 2.05) is 0 Å². The third-order valence-corrected chi connectivity index (χ3v) is 5.88. The molecule has 0 amide bonds. The third kappa shape index (κ3) is 4.54. The minimum Gasteiger partial charge on any atom is -0.379 e. The van der Waals surface area contributed by atoms with Crippen LogP contribution in [0.4, 0.5) is 0 Å². The highest BCUT2D eigenvalue weighted by Gasteiger charge is 2.18. The van der Waals surface area contributed by atoms with Crippen molar-refractivity contribution in [3.8, 4) is 0 Å². The van der Waals surface area contributed by atoms with Crippen LogP contribution in [-0.2, 0) is 14.8 Å². The smallest absolute Gasteiger partial charge is 0.250 e. The zero-order valence-electron chi connectivity index (χ0n) is 11.0. The van der Waals surface area contributed by atoms with Gasteiger partial charge in [0.1, 0.15) is 4.21 Å². The maximum absolute atomic E-state index is 12.0. The van der Waals surface area contributed by atoms with Crippen LogP contribution in [0.1, 0.15) is 6.92 Å². The maximum Gasteiger partial charge on any atom is 0.250 e. The Balaban J connectivity index is 1.78. The number of sulfonamides is 1. The van der Waals surface area contributed by atoms with Crippen molar-refractivity contribution in [3.05, 3.63) is 17.5 Å². The van der Waals surface area contributed by atoms with E-state index in [2.05, 4.69) is 16.5 Å². The molecule has 1 atom stereocenters. The van der Waals surface area contributed by atoms with E-state index in [0.717, 1.165) is 32.8 Å². The number of hydrogen-bond donors (Lipinski definition) is 1. The average Bonchev–Trinajstić information content (AvgIpc) is 2.92. The van der Waals surface area contributed by atoms with E-state index >= 15 is 0 Å². The normalized spacial score (nSPS) is 19.4. The van der Waals surface area contributed by atoms with Gasteiger partial charge in [-0.15, -0.1) is 11.3 Å². The Kier molecular flexibility index (Phi) is 5.35. The van der Waals surface area contributed by atoms with Crippen LogP contribution in [0.15, 0.2) is 21.7 Å². The van der Waals surface area contributed by atoms with Gasteiger partial charge in [0.15, 0.2) is 0 Å². The van der Waals surface area contributed by atoms with Gasteiger partial charge < -0.3 is 4.74 Å². The van der Waals surface area contributed by atoms with Gasteiger partial charge in [-0.2, -0.15) is 0 Å². The van der Waals surface area contributed by atoms with E-state index in [9.17, 15) is 8.42 Å². The van der Waals surface area contributed by atoms with E-state index in [4.69, 9.17) is 4.74 Å². The molecular weight excluding hydrogens is 284 g/mol. The molecule has 1 aromatic rings. The second kappa shape index (κ2) is 6.81. The lowest BCUT2D eigenvalue weighted by Crippen LogP contribution is -2.41. The van der Waals surface area contributed by atoms with Crippen molar-refractivity contribution in [3.63, 3.8) is 0 Å². The summed E-state index contributed by atoms with van der Waals surface area (Å²) in [6.45, 7) is 6.84. The molecule has 0 spiro atoms. The standard InChI is InChI=1S/C12H20N2O3S2/c1-11(10-14-4-6-17-7-5-14)9-13-19(15,16)12-3-2-8-18-12/h2-3,8,11,13H,4-7,9-10H2,1H3. The molecule has 0 aromatic carbocycles. The first-order chi connectivity index (χ1) is 9.08. The van der Waals surface area contributed by atoms with Crippen molar-refractivity contribution in [2.24, 2.45) is 5.92 Å². The Bertz CT molecular complexity index is 467. The van der Waals surface area contributed by atoms with Gasteiger partial charge in [-0.25, -0.2) is 13.1 Å². The van der Waals surface area contributed by atoms with Crippen molar-refractivity contribution in [2.45, 2.75) is 11.1 Å². The van der Waals surface area contributed by atoms with E-state index in [1.54, 1.807) is 17.5 Å². The highest BCUT2D eigenvalue weighted by atomic mass is 32.2. The van der Waals surface area contributed by atoms with Crippen molar-refractivity contribution in [1.82, 2.24) is 9.62 Å². The molecule has 19 heavy (non-hydrogen) atoms. The van der Waals surface area contributed by atoms with Crippen molar-refractivity contribution < 1.29 is 13.2 Å². The number of thiophene rings is 1. The van der Waals surface area contributed by atoms with Crippen LogP contribution >= 0.6 is 11.3 Å². The minimum absolute atomic E-state index is 0.285. The summed E-state index contributed by atoms with van der Waals surface area (Å²) in [7, 11) is -3.33. The first kappa shape index (κ1) is 14.9. The van der Waals surface area contributed by atoms with E-state index < -0.39 is 10.0 Å². The average molecular weight is 304 g/mol. The molecule has 0 aliphatic carbocycles. The molecule has 2 heterocycles. The van der Waals surface area contributed by atoms with Crippen molar-refractivity contribution in [2.75, 3.05) is 39.4 Å². The molecule has 1 aliphatic rings. The van der Waals surface area contributed by atoms with Crippen LogP contribution in [0, 0.1) is 5.92 Å². The fraction of sp³-hybridized carbons (Fsp3) is 0.667. The third-order valence-electron chi connectivity index (χ3n) is 3.06. The van der Waals surface area contributed by atoms with Gasteiger partial charge >= 0.3 is 0 Å². The summed E-state index contributed by atoms with van der Waals surface area (Å²) in [5.41, 5.74) is 0. The molecule has 2 rings (SSSR count). The predicted octanol–water partition coefficient (Wildman–Crippen LogP) is 0.995. The SMILES string of the molecule is CC(CNS(=O)(=O)c1cccs1)CN1CCOCC1. The zero-order valence-corrected chi connectivity index (χ0v) is 12.7. The van der Waals surface area contributed by atoms with Gasteiger partial charge in [-0.1, -0.05) is 13.0 Å². The fourth-order valence-corrected chi connectivity index (χ4v) is 4.23. The molecule has 0 radical (unpaired) electrons. The monoisotopic (exact) mass is 304 g/mol. The van der Waals surface area contributed by atoms with E-state index in [-0.39, 0.29) is 5.92 Å². The van der Waals surface area contributed by atoms with Gasteiger partial charge in [0.05, 0.1) is 13.2 Å². The molecule has 7 heteroatoms. The quantitative estimate of drug-likeness (QED) is 0.851. The molecule has 1 saturated heterocycles. The molecule has 1 unspecified atom stereocenters. The summed E-state index contributed by atoms with van der Waals surface area (Å²) < 4.78 is 32.3. The Hall–Kier alpha value is -0.470. The van der Waals surface area contributed by atoms with Crippen molar-refractivity contribution >= 4 is 21.4 Å². The maximum atomic E-state index is 12.0. The number of nitrogens with zero attached hydrogens (tertiary/aromatic N) is 1. The summed E-state index contributed by atoms with van der Waals surface area (Å²) in [6.07, 6.45) is 0. The van der Waals surface area contributed by atoms with Crippen LogP contribution in [0.5, 0.6) is 0 Å². The van der Waals surface area contributed by atoms with Crippen LogP contribution in [0.3, 0.4) is 0 Å². The molecule has 0 saturated carbocycles. The number of nitrogens with one attached hydrogen (secondary N) is 1. The molecule has 1 fully saturated rings. The highest BCUT2D eigenvalue weighted by molar-refractivity contribution is 7.91. The molecule has 1 aliphatic heterocycles. The van der Waals surface area contributed by atoms with Crippen LogP contribution < -0.4 is 4.72 Å². The second-order valence-electron chi connectivity index (χ2n) is 4.80. The lowest BCUT2D eigenvalue weighted by atomic mass is 10.1. The zero-order chi connectivity index (χ0) is 13.7. The van der Waals surface area contributed by atoms with E-state index in [1.165, 1.54) is 11.3 Å². The highest BCUT2D eigenvalue weighted by Crippen LogP contribution is 2.15. The Labute approximate surface area is 118 Å². The largest absolute Gasteiger partial charge is 0.379 e. The summed E-state index contributed by atoms with van der Waals surface area (Å²) in [4.78, 5) is 2.31.